The maximum atomic E-state index is 13.8. The number of phenols is 1. The number of cyclic esters (lactones) is 1. The van der Waals surface area contributed by atoms with Gasteiger partial charge in [0, 0.05) is 11.4 Å². The topological polar surface area (TPSA) is 119 Å². The van der Waals surface area contributed by atoms with Crippen molar-refractivity contribution < 1.29 is 32.0 Å². The Morgan fingerprint density at radius 2 is 1.74 bits per heavy atom. The van der Waals surface area contributed by atoms with Crippen molar-refractivity contribution in [2.24, 2.45) is 0 Å². The van der Waals surface area contributed by atoms with E-state index >= 15 is 0 Å². The molecule has 0 spiro atoms. The van der Waals surface area contributed by atoms with Crippen LogP contribution in [0.2, 0.25) is 0 Å². The molecule has 0 aliphatic carbocycles. The third-order valence-electron chi connectivity index (χ3n) is 7.17. The van der Waals surface area contributed by atoms with Gasteiger partial charge in [0.2, 0.25) is 0 Å². The number of rotatable bonds is 10. The quantitative estimate of drug-likeness (QED) is 0.220. The molecule has 1 saturated heterocycles. The maximum absolute atomic E-state index is 13.8. The third-order valence-corrected chi connectivity index (χ3v) is 9.49. The van der Waals surface area contributed by atoms with Gasteiger partial charge in [0.25, 0.3) is 0 Å². The van der Waals surface area contributed by atoms with Gasteiger partial charge >= 0.3 is 16.3 Å². The van der Waals surface area contributed by atoms with Crippen LogP contribution in [-0.4, -0.2) is 37.1 Å². The largest absolute Gasteiger partial charge is 0.508 e. The van der Waals surface area contributed by atoms with Gasteiger partial charge < -0.3 is 14.0 Å². The van der Waals surface area contributed by atoms with Crippen LogP contribution in [0.4, 0.5) is 0 Å². The lowest BCUT2D eigenvalue weighted by Gasteiger charge is -2.39. The maximum Gasteiger partial charge on any atom is 0.382 e. The summed E-state index contributed by atoms with van der Waals surface area (Å²) in [5, 5.41) is 8.57. The summed E-state index contributed by atoms with van der Waals surface area (Å²) in [6, 6.07) is 19.6. The molecule has 2 N–H and O–H groups in total. The molecule has 1 fully saturated rings. The SMILES string of the molecule is CCNS(=O)(=O)Oc1cc(C(C)(C)C)c(SC2C(=O)CC(CCc3ccc(O)cc3)(c3ccccc3)OC2=O)cc1C. The van der Waals surface area contributed by atoms with Gasteiger partial charge in [-0.15, -0.1) is 11.8 Å². The Labute approximate surface area is 252 Å². The molecule has 0 saturated carbocycles. The number of aryl methyl sites for hydroxylation is 2. The fourth-order valence-electron chi connectivity index (χ4n) is 4.98. The summed E-state index contributed by atoms with van der Waals surface area (Å²) in [6.07, 6.45) is 0.956. The minimum atomic E-state index is -3.99. The van der Waals surface area contributed by atoms with Crippen molar-refractivity contribution in [3.05, 3.63) is 89.0 Å². The summed E-state index contributed by atoms with van der Waals surface area (Å²) < 4.78 is 38.4. The van der Waals surface area contributed by atoms with Gasteiger partial charge in [-0.1, -0.05) is 70.2 Å². The van der Waals surface area contributed by atoms with Gasteiger partial charge in [-0.3, -0.25) is 9.59 Å². The molecule has 3 aromatic carbocycles. The number of ketones is 1. The fraction of sp³-hybridized carbons (Fsp3) is 0.375. The van der Waals surface area contributed by atoms with Crippen LogP contribution in [-0.2, 0) is 42.1 Å². The normalized spacial score (nSPS) is 19.4. The first kappa shape index (κ1) is 31.6. The van der Waals surface area contributed by atoms with Crippen molar-refractivity contribution in [3.63, 3.8) is 0 Å². The van der Waals surface area contributed by atoms with Gasteiger partial charge in [-0.05, 0) is 71.7 Å². The number of phenolic OH excluding ortho intramolecular Hbond substituents is 1. The van der Waals surface area contributed by atoms with Crippen molar-refractivity contribution in [2.75, 3.05) is 6.54 Å². The first-order valence-corrected chi connectivity index (χ1v) is 16.1. The first-order valence-electron chi connectivity index (χ1n) is 13.8. The van der Waals surface area contributed by atoms with E-state index in [4.69, 9.17) is 8.92 Å². The van der Waals surface area contributed by atoms with Crippen LogP contribution in [0.25, 0.3) is 0 Å². The van der Waals surface area contributed by atoms with E-state index in [1.165, 1.54) is 0 Å². The molecule has 0 amide bonds. The second kappa shape index (κ2) is 12.5. The van der Waals surface area contributed by atoms with Crippen LogP contribution < -0.4 is 8.91 Å². The Morgan fingerprint density at radius 1 is 1.07 bits per heavy atom. The van der Waals surface area contributed by atoms with E-state index in [0.717, 1.165) is 28.5 Å². The lowest BCUT2D eigenvalue weighted by molar-refractivity contribution is -0.171. The predicted octanol–water partition coefficient (Wildman–Crippen LogP) is 5.74. The highest BCUT2D eigenvalue weighted by molar-refractivity contribution is 8.01. The highest BCUT2D eigenvalue weighted by Gasteiger charge is 2.48. The molecule has 0 bridgehead atoms. The fourth-order valence-corrected chi connectivity index (χ4v) is 7.16. The predicted molar refractivity (Wildman–Crippen MR) is 163 cm³/mol. The number of benzene rings is 3. The molecule has 8 nitrogen and oxygen atoms in total. The van der Waals surface area contributed by atoms with Crippen LogP contribution in [0.1, 0.15) is 62.8 Å². The third kappa shape index (κ3) is 7.35. The number of carbonyl (C=O) groups excluding carboxylic acids is 2. The molecule has 1 heterocycles. The summed E-state index contributed by atoms with van der Waals surface area (Å²) >= 11 is 1.12. The van der Waals surface area contributed by atoms with Crippen molar-refractivity contribution in [1.82, 2.24) is 4.72 Å². The Bertz CT molecular complexity index is 1530. The zero-order valence-electron chi connectivity index (χ0n) is 24.5. The van der Waals surface area contributed by atoms with Gasteiger partial charge in [0.15, 0.2) is 11.0 Å². The average Bonchev–Trinajstić information content (AvgIpc) is 2.91. The molecule has 42 heavy (non-hydrogen) atoms. The van der Waals surface area contributed by atoms with Crippen molar-refractivity contribution in [1.29, 1.82) is 0 Å². The lowest BCUT2D eigenvalue weighted by atomic mass is 9.81. The molecule has 10 heteroatoms. The Hall–Kier alpha value is -3.34. The molecule has 0 aromatic heterocycles. The lowest BCUT2D eigenvalue weighted by Crippen LogP contribution is -2.47. The monoisotopic (exact) mass is 611 g/mol. The number of Topliss-reactive ketones (excluding diaryl/α,β-unsaturated/α-hetero) is 1. The van der Waals surface area contributed by atoms with E-state index in [1.807, 2.05) is 63.2 Å². The Kier molecular flexibility index (Phi) is 9.39. The van der Waals surface area contributed by atoms with E-state index in [0.29, 0.717) is 23.3 Å². The zero-order chi connectivity index (χ0) is 30.7. The van der Waals surface area contributed by atoms with Crippen LogP contribution in [0.5, 0.6) is 11.5 Å². The number of thioether (sulfide) groups is 1. The van der Waals surface area contributed by atoms with E-state index in [9.17, 15) is 23.1 Å². The smallest absolute Gasteiger partial charge is 0.382 e. The molecule has 0 radical (unpaired) electrons. The van der Waals surface area contributed by atoms with E-state index < -0.39 is 32.5 Å². The van der Waals surface area contributed by atoms with E-state index in [2.05, 4.69) is 4.72 Å². The molecule has 2 unspecified atom stereocenters. The molecule has 224 valence electrons. The standard InChI is InChI=1S/C32H37NO7S2/c1-6-33-42(37,38)40-27-19-25(31(3,4)5)28(18-21(27)2)41-29-26(35)20-32(39-30(29)36,23-10-8-7-9-11-23)17-16-22-12-14-24(34)15-13-22/h7-15,18-19,29,33-34H,6,16-17,20H2,1-5H3. The zero-order valence-corrected chi connectivity index (χ0v) is 26.1. The Balaban J connectivity index is 1.63. The summed E-state index contributed by atoms with van der Waals surface area (Å²) in [6.45, 7) is 9.47. The van der Waals surface area contributed by atoms with Gasteiger partial charge in [-0.25, -0.2) is 0 Å². The molecule has 4 rings (SSSR count). The van der Waals surface area contributed by atoms with Crippen molar-refractivity contribution in [2.45, 2.75) is 75.0 Å². The van der Waals surface area contributed by atoms with Crippen LogP contribution in [0, 0.1) is 6.92 Å². The number of carbonyl (C=O) groups is 2. The van der Waals surface area contributed by atoms with Crippen LogP contribution >= 0.6 is 11.8 Å². The minimum absolute atomic E-state index is 0.0183. The summed E-state index contributed by atoms with van der Waals surface area (Å²) in [7, 11) is -3.99. The van der Waals surface area contributed by atoms with Gasteiger partial charge in [-0.2, -0.15) is 13.1 Å². The van der Waals surface area contributed by atoms with Crippen molar-refractivity contribution in [3.8, 4) is 11.5 Å². The summed E-state index contributed by atoms with van der Waals surface area (Å²) in [4.78, 5) is 28.1. The number of ether oxygens (including phenoxy) is 1. The number of hydrogen-bond acceptors (Lipinski definition) is 8. The van der Waals surface area contributed by atoms with E-state index in [1.54, 1.807) is 38.1 Å². The number of esters is 1. The molecular weight excluding hydrogens is 574 g/mol. The van der Waals surface area contributed by atoms with Gasteiger partial charge in [0.05, 0.1) is 6.42 Å². The van der Waals surface area contributed by atoms with Gasteiger partial charge in [0.1, 0.15) is 17.1 Å². The molecule has 3 aromatic rings. The molecule has 1 aliphatic rings. The van der Waals surface area contributed by atoms with E-state index in [-0.39, 0.29) is 30.2 Å². The van der Waals surface area contributed by atoms with Crippen LogP contribution in [0.15, 0.2) is 71.6 Å². The Morgan fingerprint density at radius 3 is 2.33 bits per heavy atom. The molecule has 2 atom stereocenters. The number of nitrogens with one attached hydrogen (secondary N) is 1. The highest BCUT2D eigenvalue weighted by Crippen LogP contribution is 2.45. The molecule has 1 aliphatic heterocycles. The highest BCUT2D eigenvalue weighted by atomic mass is 32.2. The van der Waals surface area contributed by atoms with Crippen molar-refractivity contribution >= 4 is 33.8 Å². The van der Waals surface area contributed by atoms with Crippen LogP contribution in [0.3, 0.4) is 0 Å². The molecular formula is C32H37NO7S2. The minimum Gasteiger partial charge on any atom is -0.508 e. The average molecular weight is 612 g/mol. The second-order valence-electron chi connectivity index (χ2n) is 11.5. The number of aromatic hydroxyl groups is 1. The summed E-state index contributed by atoms with van der Waals surface area (Å²) in [5.41, 5.74) is 1.43. The summed E-state index contributed by atoms with van der Waals surface area (Å²) in [5.74, 6) is -0.504. The number of hydrogen-bond donors (Lipinski definition) is 2. The first-order chi connectivity index (χ1) is 19.7. The second-order valence-corrected chi connectivity index (χ2v) is 14.0.